The van der Waals surface area contributed by atoms with Crippen molar-refractivity contribution in [3.05, 3.63) is 47.5 Å². The predicted octanol–water partition coefficient (Wildman–Crippen LogP) is 2.41. The highest BCUT2D eigenvalue weighted by atomic mass is 35.5. The molecule has 3 aromatic heterocycles. The first-order valence-corrected chi connectivity index (χ1v) is 12.1. The number of nitrogens with one attached hydrogen (secondary N) is 1. The summed E-state index contributed by atoms with van der Waals surface area (Å²) in [6.45, 7) is 10.1. The maximum atomic E-state index is 13.4. The zero-order valence-corrected chi connectivity index (χ0v) is 20.8. The fraction of sp³-hybridized carbons (Fsp3) is 0.500. The lowest BCUT2D eigenvalue weighted by molar-refractivity contribution is -0.140. The number of pyridine rings is 1. The van der Waals surface area contributed by atoms with Crippen LogP contribution in [0.15, 0.2) is 36.8 Å². The van der Waals surface area contributed by atoms with Crippen LogP contribution in [-0.2, 0) is 10.3 Å². The number of halogens is 1. The lowest BCUT2D eigenvalue weighted by atomic mass is 9.93. The van der Waals surface area contributed by atoms with Crippen molar-refractivity contribution in [1.29, 1.82) is 0 Å². The number of fused-ring (bicyclic) bond motifs is 1. The Hall–Kier alpha value is -2.91. The van der Waals surface area contributed by atoms with Gasteiger partial charge in [-0.15, -0.1) is 0 Å². The molecular weight excluding hydrogens is 452 g/mol. The van der Waals surface area contributed by atoms with Gasteiger partial charge in [-0.05, 0) is 32.9 Å². The summed E-state index contributed by atoms with van der Waals surface area (Å²) in [6, 6.07) is 6.21. The number of carbonyl (C=O) groups is 1. The molecule has 10 heteroatoms. The van der Waals surface area contributed by atoms with Crippen molar-refractivity contribution in [2.24, 2.45) is 5.92 Å². The normalized spacial score (nSPS) is 19.4. The number of rotatable bonds is 5. The van der Waals surface area contributed by atoms with Crippen LogP contribution in [0.5, 0.6) is 0 Å². The maximum absolute atomic E-state index is 13.4. The molecule has 2 aliphatic heterocycles. The first-order valence-electron chi connectivity index (χ1n) is 11.7. The molecule has 0 spiro atoms. The molecule has 2 fully saturated rings. The fourth-order valence-electron chi connectivity index (χ4n) is 4.76. The minimum absolute atomic E-state index is 0.105. The van der Waals surface area contributed by atoms with Crippen molar-refractivity contribution in [3.63, 3.8) is 0 Å². The third kappa shape index (κ3) is 3.86. The van der Waals surface area contributed by atoms with Crippen molar-refractivity contribution in [2.45, 2.75) is 32.4 Å². The molecule has 1 N–H and O–H groups in total. The Morgan fingerprint density at radius 3 is 2.79 bits per heavy atom. The van der Waals surface area contributed by atoms with Gasteiger partial charge in [0.1, 0.15) is 10.7 Å². The van der Waals surface area contributed by atoms with Crippen molar-refractivity contribution in [1.82, 2.24) is 29.6 Å². The average Bonchev–Trinajstić information content (AvgIpc) is 3.24. The number of hydrogen-bond donors (Lipinski definition) is 1. The standard InChI is InChI=1S/C24H31ClN8O/c1-16-11-26-8-10-32(16)23-28-12-18(25)21(29-23)31-14-17(15-31)22(34)30(4)24(2,3)19-13-27-20-7-5-6-9-33(19)20/h5-7,9,12-13,16-17,26H,8,10-11,14-15H2,1-4H3. The number of hydrogen-bond acceptors (Lipinski definition) is 7. The number of piperazine rings is 1. The van der Waals surface area contributed by atoms with Gasteiger partial charge in [-0.1, -0.05) is 17.7 Å². The van der Waals surface area contributed by atoms with Crippen LogP contribution in [0.25, 0.3) is 5.65 Å². The van der Waals surface area contributed by atoms with Gasteiger partial charge in [0.15, 0.2) is 5.82 Å². The first-order chi connectivity index (χ1) is 16.3. The van der Waals surface area contributed by atoms with Crippen LogP contribution < -0.4 is 15.1 Å². The largest absolute Gasteiger partial charge is 0.353 e. The molecule has 1 amide bonds. The fourth-order valence-corrected chi connectivity index (χ4v) is 4.97. The number of carbonyl (C=O) groups excluding carboxylic acids is 1. The topological polar surface area (TPSA) is 81.9 Å². The molecule has 3 aromatic rings. The van der Waals surface area contributed by atoms with Gasteiger partial charge < -0.3 is 24.4 Å². The highest BCUT2D eigenvalue weighted by Gasteiger charge is 2.41. The van der Waals surface area contributed by atoms with Gasteiger partial charge in [-0.25, -0.2) is 9.97 Å². The molecular formula is C24H31ClN8O. The van der Waals surface area contributed by atoms with Gasteiger partial charge in [0.2, 0.25) is 11.9 Å². The molecule has 2 saturated heterocycles. The summed E-state index contributed by atoms with van der Waals surface area (Å²) in [5.74, 6) is 1.38. The van der Waals surface area contributed by atoms with E-state index in [0.29, 0.717) is 35.9 Å². The summed E-state index contributed by atoms with van der Waals surface area (Å²) < 4.78 is 2.04. The zero-order valence-electron chi connectivity index (χ0n) is 20.1. The number of anilines is 2. The van der Waals surface area contributed by atoms with Crippen LogP contribution in [0.4, 0.5) is 11.8 Å². The SMILES string of the molecule is CC1CNCCN1c1ncc(Cl)c(N2CC(C(=O)N(C)C(C)(C)c3cnc4ccccn34)C2)n1. The van der Waals surface area contributed by atoms with E-state index in [4.69, 9.17) is 16.6 Å². The molecule has 34 heavy (non-hydrogen) atoms. The molecule has 5 heterocycles. The number of nitrogens with zero attached hydrogens (tertiary/aromatic N) is 7. The molecule has 1 unspecified atom stereocenters. The van der Waals surface area contributed by atoms with Gasteiger partial charge in [-0.3, -0.25) is 4.79 Å². The van der Waals surface area contributed by atoms with Gasteiger partial charge >= 0.3 is 0 Å². The molecule has 0 saturated carbocycles. The van der Waals surface area contributed by atoms with Crippen LogP contribution in [-0.4, -0.2) is 76.0 Å². The van der Waals surface area contributed by atoms with E-state index in [0.717, 1.165) is 31.0 Å². The Morgan fingerprint density at radius 2 is 2.03 bits per heavy atom. The minimum Gasteiger partial charge on any atom is -0.353 e. The van der Waals surface area contributed by atoms with Gasteiger partial charge in [-0.2, -0.15) is 4.98 Å². The Morgan fingerprint density at radius 1 is 1.24 bits per heavy atom. The Labute approximate surface area is 204 Å². The van der Waals surface area contributed by atoms with E-state index in [9.17, 15) is 4.79 Å². The second-order valence-corrected chi connectivity index (χ2v) is 10.1. The average molecular weight is 483 g/mol. The highest BCUT2D eigenvalue weighted by molar-refractivity contribution is 6.32. The lowest BCUT2D eigenvalue weighted by Gasteiger charge is -2.44. The third-order valence-electron chi connectivity index (χ3n) is 7.21. The highest BCUT2D eigenvalue weighted by Crippen LogP contribution is 2.34. The molecule has 2 aliphatic rings. The van der Waals surface area contributed by atoms with E-state index in [1.54, 1.807) is 6.20 Å². The zero-order chi connectivity index (χ0) is 24.0. The summed E-state index contributed by atoms with van der Waals surface area (Å²) in [5.41, 5.74) is 1.33. The monoisotopic (exact) mass is 482 g/mol. The quantitative estimate of drug-likeness (QED) is 0.598. The Bertz CT molecular complexity index is 1200. The lowest BCUT2D eigenvalue weighted by Crippen LogP contribution is -2.57. The molecule has 0 aromatic carbocycles. The third-order valence-corrected chi connectivity index (χ3v) is 7.48. The van der Waals surface area contributed by atoms with E-state index in [2.05, 4.69) is 45.9 Å². The molecule has 9 nitrogen and oxygen atoms in total. The summed E-state index contributed by atoms with van der Waals surface area (Å²) in [4.78, 5) is 33.3. The van der Waals surface area contributed by atoms with Crippen molar-refractivity contribution in [3.8, 4) is 0 Å². The summed E-state index contributed by atoms with van der Waals surface area (Å²) in [7, 11) is 1.87. The van der Waals surface area contributed by atoms with Gasteiger partial charge in [0, 0.05) is 52.0 Å². The van der Waals surface area contributed by atoms with E-state index in [1.807, 2.05) is 46.9 Å². The molecule has 5 rings (SSSR count). The Kier molecular flexibility index (Phi) is 5.85. The second kappa shape index (κ2) is 8.70. The molecule has 0 aliphatic carbocycles. The van der Waals surface area contributed by atoms with Crippen molar-refractivity contribution < 1.29 is 4.79 Å². The van der Waals surface area contributed by atoms with E-state index in [-0.39, 0.29) is 11.8 Å². The predicted molar refractivity (Wildman–Crippen MR) is 133 cm³/mol. The number of imidazole rings is 1. The summed E-state index contributed by atoms with van der Waals surface area (Å²) in [6.07, 6.45) is 5.51. The molecule has 180 valence electrons. The van der Waals surface area contributed by atoms with Gasteiger partial charge in [0.25, 0.3) is 0 Å². The smallest absolute Gasteiger partial charge is 0.229 e. The molecule has 0 radical (unpaired) electrons. The second-order valence-electron chi connectivity index (χ2n) is 9.72. The first kappa shape index (κ1) is 22.9. The minimum atomic E-state index is -0.517. The van der Waals surface area contributed by atoms with Crippen molar-refractivity contribution >= 4 is 34.9 Å². The van der Waals surface area contributed by atoms with E-state index in [1.165, 1.54) is 0 Å². The summed E-state index contributed by atoms with van der Waals surface area (Å²) >= 11 is 6.46. The van der Waals surface area contributed by atoms with Crippen LogP contribution in [0.1, 0.15) is 26.5 Å². The number of amides is 1. The van der Waals surface area contributed by atoms with Crippen LogP contribution in [0, 0.1) is 5.92 Å². The Balaban J connectivity index is 1.29. The van der Waals surface area contributed by atoms with E-state index >= 15 is 0 Å². The van der Waals surface area contributed by atoms with E-state index < -0.39 is 5.54 Å². The molecule has 1 atom stereocenters. The summed E-state index contributed by atoms with van der Waals surface area (Å²) in [5, 5.41) is 3.90. The molecule has 0 bridgehead atoms. The van der Waals surface area contributed by atoms with Crippen molar-refractivity contribution in [2.75, 3.05) is 49.6 Å². The maximum Gasteiger partial charge on any atom is 0.229 e. The number of aromatic nitrogens is 4. The van der Waals surface area contributed by atoms with Crippen LogP contribution in [0.2, 0.25) is 5.02 Å². The van der Waals surface area contributed by atoms with Crippen LogP contribution in [0.3, 0.4) is 0 Å². The van der Waals surface area contributed by atoms with Gasteiger partial charge in [0.05, 0.1) is 29.5 Å². The van der Waals surface area contributed by atoms with Crippen LogP contribution >= 0.6 is 11.6 Å².